The minimum Gasteiger partial charge on any atom is -0.293 e. The molecule has 19 heavy (non-hydrogen) atoms. The Labute approximate surface area is 115 Å². The minimum absolute atomic E-state index is 0.0570. The van der Waals surface area contributed by atoms with Gasteiger partial charge in [-0.15, -0.1) is 0 Å². The fraction of sp³-hybridized carbons (Fsp3) is 0.429. The molecule has 0 saturated carbocycles. The van der Waals surface area contributed by atoms with Gasteiger partial charge in [0.25, 0.3) is 0 Å². The van der Waals surface area contributed by atoms with Gasteiger partial charge in [0, 0.05) is 29.7 Å². The molecule has 0 N–H and O–H groups in total. The van der Waals surface area contributed by atoms with Gasteiger partial charge in [0.15, 0.2) is 0 Å². The van der Waals surface area contributed by atoms with Crippen LogP contribution in [-0.2, 0) is 0 Å². The second kappa shape index (κ2) is 5.55. The summed E-state index contributed by atoms with van der Waals surface area (Å²) >= 11 is 5.82. The average molecular weight is 290 g/mol. The fourth-order valence-electron chi connectivity index (χ4n) is 2.25. The summed E-state index contributed by atoms with van der Waals surface area (Å²) < 4.78 is 37.6. The first-order valence-electron chi connectivity index (χ1n) is 6.13. The van der Waals surface area contributed by atoms with Crippen molar-refractivity contribution in [2.75, 3.05) is 13.1 Å². The summed E-state index contributed by atoms with van der Waals surface area (Å²) in [5, 5.41) is 0.661. The molecule has 5 heteroatoms. The van der Waals surface area contributed by atoms with Gasteiger partial charge in [0.1, 0.15) is 0 Å². The van der Waals surface area contributed by atoms with Gasteiger partial charge in [-0.2, -0.15) is 13.2 Å². The molecule has 0 aromatic heterocycles. The molecule has 1 aromatic carbocycles. The topological polar surface area (TPSA) is 3.24 Å². The van der Waals surface area contributed by atoms with Crippen LogP contribution in [0, 0.1) is 0 Å². The summed E-state index contributed by atoms with van der Waals surface area (Å²) in [6.07, 6.45) is -2.84. The summed E-state index contributed by atoms with van der Waals surface area (Å²) in [4.78, 5) is 2.03. The van der Waals surface area contributed by atoms with Crippen molar-refractivity contribution in [3.63, 3.8) is 0 Å². The molecule has 0 radical (unpaired) electrons. The zero-order valence-electron chi connectivity index (χ0n) is 10.5. The van der Waals surface area contributed by atoms with Gasteiger partial charge in [-0.3, -0.25) is 4.90 Å². The molecule has 1 heterocycles. The van der Waals surface area contributed by atoms with Crippen LogP contribution in [0.1, 0.15) is 24.9 Å². The van der Waals surface area contributed by atoms with Crippen LogP contribution in [0.3, 0.4) is 0 Å². The third kappa shape index (κ3) is 3.51. The van der Waals surface area contributed by atoms with Crippen LogP contribution in [0.2, 0.25) is 5.02 Å². The molecule has 1 atom stereocenters. The first-order chi connectivity index (χ1) is 8.88. The maximum Gasteiger partial charge on any atom is 0.412 e. The summed E-state index contributed by atoms with van der Waals surface area (Å²) in [5.74, 6) is 0. The highest BCUT2D eigenvalue weighted by Crippen LogP contribution is 2.32. The highest BCUT2D eigenvalue weighted by molar-refractivity contribution is 6.30. The molecule has 104 valence electrons. The lowest BCUT2D eigenvalue weighted by atomic mass is 10.0. The SMILES string of the molecule is CC(c1ccc(Cl)cc1)N1CC=C(C(F)(F)F)CC1. The van der Waals surface area contributed by atoms with Crippen LogP contribution in [0.5, 0.6) is 0 Å². The standard InChI is InChI=1S/C14H15ClF3N/c1-10(11-2-4-13(15)5-3-11)19-8-6-12(7-9-19)14(16,17)18/h2-6,10H,7-9H2,1H3. The van der Waals surface area contributed by atoms with E-state index in [-0.39, 0.29) is 12.5 Å². The number of halogens is 4. The Hall–Kier alpha value is -1.00. The van der Waals surface area contributed by atoms with Gasteiger partial charge < -0.3 is 0 Å². The van der Waals surface area contributed by atoms with Crippen molar-refractivity contribution in [3.8, 4) is 0 Å². The predicted molar refractivity (Wildman–Crippen MR) is 70.2 cm³/mol. The van der Waals surface area contributed by atoms with Crippen molar-refractivity contribution in [1.82, 2.24) is 4.90 Å². The van der Waals surface area contributed by atoms with Crippen molar-refractivity contribution in [2.24, 2.45) is 0 Å². The van der Waals surface area contributed by atoms with E-state index in [1.54, 1.807) is 12.1 Å². The molecular formula is C14H15ClF3N. The highest BCUT2D eigenvalue weighted by atomic mass is 35.5. The minimum atomic E-state index is -4.18. The lowest BCUT2D eigenvalue weighted by Crippen LogP contribution is -2.33. The van der Waals surface area contributed by atoms with E-state index in [1.807, 2.05) is 24.0 Å². The number of alkyl halides is 3. The molecule has 0 fully saturated rings. The first kappa shape index (κ1) is 14.4. The Morgan fingerprint density at radius 2 is 1.84 bits per heavy atom. The summed E-state index contributed by atoms with van der Waals surface area (Å²) in [6.45, 7) is 2.75. The second-order valence-corrected chi connectivity index (χ2v) is 5.14. The molecule has 1 unspecified atom stereocenters. The summed E-state index contributed by atoms with van der Waals surface area (Å²) in [6, 6.07) is 7.51. The van der Waals surface area contributed by atoms with Crippen LogP contribution in [-0.4, -0.2) is 24.2 Å². The van der Waals surface area contributed by atoms with Gasteiger partial charge in [-0.25, -0.2) is 0 Å². The van der Waals surface area contributed by atoms with Gasteiger partial charge in [-0.1, -0.05) is 29.8 Å². The molecule has 1 aliphatic rings. The van der Waals surface area contributed by atoms with Crippen molar-refractivity contribution < 1.29 is 13.2 Å². The molecule has 2 rings (SSSR count). The van der Waals surface area contributed by atoms with Crippen LogP contribution in [0.15, 0.2) is 35.9 Å². The lowest BCUT2D eigenvalue weighted by molar-refractivity contribution is -0.0963. The first-order valence-corrected chi connectivity index (χ1v) is 6.51. The van der Waals surface area contributed by atoms with E-state index in [0.717, 1.165) is 5.56 Å². The van der Waals surface area contributed by atoms with Crippen molar-refractivity contribution >= 4 is 11.6 Å². The molecule has 0 spiro atoms. The molecule has 0 bridgehead atoms. The Morgan fingerprint density at radius 3 is 2.32 bits per heavy atom. The summed E-state index contributed by atoms with van der Waals surface area (Å²) in [7, 11) is 0. The number of hydrogen-bond acceptors (Lipinski definition) is 1. The Bertz CT molecular complexity index is 465. The molecule has 1 aromatic rings. The van der Waals surface area contributed by atoms with E-state index < -0.39 is 11.7 Å². The van der Waals surface area contributed by atoms with E-state index >= 15 is 0 Å². The van der Waals surface area contributed by atoms with Gasteiger partial charge in [0.2, 0.25) is 0 Å². The largest absolute Gasteiger partial charge is 0.412 e. The maximum absolute atomic E-state index is 12.5. The third-order valence-corrected chi connectivity index (χ3v) is 3.76. The smallest absolute Gasteiger partial charge is 0.293 e. The predicted octanol–water partition coefficient (Wildman–Crippen LogP) is 4.60. The second-order valence-electron chi connectivity index (χ2n) is 4.70. The number of hydrogen-bond donors (Lipinski definition) is 0. The number of benzene rings is 1. The number of nitrogens with zero attached hydrogens (tertiary/aromatic N) is 1. The molecule has 0 saturated heterocycles. The van der Waals surface area contributed by atoms with Gasteiger partial charge >= 0.3 is 6.18 Å². The molecule has 0 aliphatic carbocycles. The van der Waals surface area contributed by atoms with Crippen molar-refractivity contribution in [3.05, 3.63) is 46.5 Å². The van der Waals surface area contributed by atoms with Crippen LogP contribution in [0.4, 0.5) is 13.2 Å². The highest BCUT2D eigenvalue weighted by Gasteiger charge is 2.35. The molecule has 1 aliphatic heterocycles. The van der Waals surface area contributed by atoms with E-state index in [1.165, 1.54) is 6.08 Å². The van der Waals surface area contributed by atoms with Crippen molar-refractivity contribution in [2.45, 2.75) is 25.6 Å². The molecular weight excluding hydrogens is 275 g/mol. The average Bonchev–Trinajstić information content (AvgIpc) is 2.38. The quantitative estimate of drug-likeness (QED) is 0.720. The molecule has 1 nitrogen and oxygen atoms in total. The maximum atomic E-state index is 12.5. The van der Waals surface area contributed by atoms with Gasteiger partial charge in [0.05, 0.1) is 0 Å². The van der Waals surface area contributed by atoms with E-state index in [9.17, 15) is 13.2 Å². The van der Waals surface area contributed by atoms with Crippen molar-refractivity contribution in [1.29, 1.82) is 0 Å². The third-order valence-electron chi connectivity index (χ3n) is 3.50. The normalized spacial score (nSPS) is 19.1. The van der Waals surface area contributed by atoms with Crippen LogP contribution < -0.4 is 0 Å². The zero-order valence-corrected chi connectivity index (χ0v) is 11.3. The van der Waals surface area contributed by atoms with E-state index in [0.29, 0.717) is 18.1 Å². The zero-order chi connectivity index (χ0) is 14.0. The van der Waals surface area contributed by atoms with E-state index in [4.69, 9.17) is 11.6 Å². The fourth-order valence-corrected chi connectivity index (χ4v) is 2.37. The lowest BCUT2D eigenvalue weighted by Gasteiger charge is -2.32. The monoisotopic (exact) mass is 289 g/mol. The molecule has 0 amide bonds. The summed E-state index contributed by atoms with van der Waals surface area (Å²) in [5.41, 5.74) is 0.653. The van der Waals surface area contributed by atoms with Crippen LogP contribution in [0.25, 0.3) is 0 Å². The number of rotatable bonds is 2. The Balaban J connectivity index is 2.05. The van der Waals surface area contributed by atoms with Gasteiger partial charge in [-0.05, 0) is 31.0 Å². The Morgan fingerprint density at radius 1 is 1.21 bits per heavy atom. The van der Waals surface area contributed by atoms with E-state index in [2.05, 4.69) is 0 Å². The van der Waals surface area contributed by atoms with Crippen LogP contribution >= 0.6 is 11.6 Å². The Kier molecular flexibility index (Phi) is 4.21.